The Hall–Kier alpha value is -1.44. The van der Waals surface area contributed by atoms with Crippen LogP contribution in [0.5, 0.6) is 0 Å². The van der Waals surface area contributed by atoms with Crippen LogP contribution in [-0.2, 0) is 15.9 Å². The van der Waals surface area contributed by atoms with Gasteiger partial charge in [-0.05, 0) is 18.2 Å². The first-order valence-electron chi connectivity index (χ1n) is 4.60. The maximum absolute atomic E-state index is 11.2. The number of hydrogen-bond donors (Lipinski definition) is 1. The molecule has 0 bridgehead atoms. The Morgan fingerprint density at radius 2 is 2.18 bits per heavy atom. The quantitative estimate of drug-likeness (QED) is 0.831. The number of halogens is 1. The lowest BCUT2D eigenvalue weighted by atomic mass is 10.3. The Kier molecular flexibility index (Phi) is 3.14. The Balaban J connectivity index is 2.55. The first kappa shape index (κ1) is 12.0. The van der Waals surface area contributed by atoms with E-state index < -0.39 is 10.0 Å². The number of sulfonamides is 1. The third kappa shape index (κ3) is 2.46. The molecule has 0 amide bonds. The van der Waals surface area contributed by atoms with Crippen LogP contribution < -0.4 is 5.14 Å². The molecule has 0 saturated heterocycles. The average molecular weight is 273 g/mol. The van der Waals surface area contributed by atoms with Gasteiger partial charge >= 0.3 is 0 Å². The van der Waals surface area contributed by atoms with E-state index >= 15 is 0 Å². The number of benzene rings is 1. The minimum absolute atomic E-state index is 0.0317. The Morgan fingerprint density at radius 1 is 1.41 bits per heavy atom. The SMILES string of the molecule is NS(=O)(=O)c1cccc(-n2cnnc2CCl)c1. The summed E-state index contributed by atoms with van der Waals surface area (Å²) < 4.78 is 24.0. The normalized spacial score (nSPS) is 11.6. The summed E-state index contributed by atoms with van der Waals surface area (Å²) in [5.41, 5.74) is 0.595. The van der Waals surface area contributed by atoms with E-state index in [9.17, 15) is 8.42 Å². The van der Waals surface area contributed by atoms with Crippen molar-refractivity contribution in [2.75, 3.05) is 0 Å². The van der Waals surface area contributed by atoms with E-state index in [4.69, 9.17) is 16.7 Å². The van der Waals surface area contributed by atoms with Crippen molar-refractivity contribution in [3.05, 3.63) is 36.4 Å². The predicted molar refractivity (Wildman–Crippen MR) is 62.3 cm³/mol. The summed E-state index contributed by atoms with van der Waals surface area (Å²) in [6.45, 7) is 0. The molecule has 0 unspecified atom stereocenters. The molecule has 0 fully saturated rings. The number of nitrogens with two attached hydrogens (primary N) is 1. The molecule has 1 aromatic heterocycles. The third-order valence-corrected chi connectivity index (χ3v) is 3.31. The molecular weight excluding hydrogens is 264 g/mol. The number of aromatic nitrogens is 3. The number of primary sulfonamides is 1. The van der Waals surface area contributed by atoms with E-state index in [1.807, 2.05) is 0 Å². The largest absolute Gasteiger partial charge is 0.285 e. The zero-order valence-corrected chi connectivity index (χ0v) is 10.2. The summed E-state index contributed by atoms with van der Waals surface area (Å²) in [4.78, 5) is 0.0317. The summed E-state index contributed by atoms with van der Waals surface area (Å²) in [5, 5.41) is 12.6. The number of hydrogen-bond acceptors (Lipinski definition) is 4. The Morgan fingerprint density at radius 3 is 2.82 bits per heavy atom. The maximum Gasteiger partial charge on any atom is 0.238 e. The topological polar surface area (TPSA) is 90.9 Å². The highest BCUT2D eigenvalue weighted by Gasteiger charge is 2.10. The molecule has 2 rings (SSSR count). The minimum atomic E-state index is -3.72. The second-order valence-electron chi connectivity index (χ2n) is 3.29. The molecule has 0 atom stereocenters. The number of alkyl halides is 1. The van der Waals surface area contributed by atoms with Crippen LogP contribution in [0.3, 0.4) is 0 Å². The second-order valence-corrected chi connectivity index (χ2v) is 5.12. The van der Waals surface area contributed by atoms with Gasteiger partial charge in [0, 0.05) is 5.69 Å². The van der Waals surface area contributed by atoms with E-state index in [0.29, 0.717) is 11.5 Å². The number of rotatable bonds is 3. The molecule has 0 aliphatic carbocycles. The third-order valence-electron chi connectivity index (χ3n) is 2.16. The van der Waals surface area contributed by atoms with Crippen LogP contribution >= 0.6 is 11.6 Å². The van der Waals surface area contributed by atoms with Crippen LogP contribution in [0.4, 0.5) is 0 Å². The van der Waals surface area contributed by atoms with Crippen LogP contribution in [0, 0.1) is 0 Å². The van der Waals surface area contributed by atoms with Crippen molar-refractivity contribution < 1.29 is 8.42 Å². The van der Waals surface area contributed by atoms with Gasteiger partial charge in [0.25, 0.3) is 0 Å². The highest BCUT2D eigenvalue weighted by atomic mass is 35.5. The van der Waals surface area contributed by atoms with Gasteiger partial charge in [0.1, 0.15) is 6.33 Å². The van der Waals surface area contributed by atoms with E-state index in [1.165, 1.54) is 18.5 Å². The van der Waals surface area contributed by atoms with Crippen LogP contribution in [0.1, 0.15) is 5.82 Å². The molecule has 17 heavy (non-hydrogen) atoms. The van der Waals surface area contributed by atoms with E-state index in [1.54, 1.807) is 16.7 Å². The zero-order valence-electron chi connectivity index (χ0n) is 8.62. The van der Waals surface area contributed by atoms with Crippen molar-refractivity contribution in [1.29, 1.82) is 0 Å². The first-order valence-corrected chi connectivity index (χ1v) is 6.68. The van der Waals surface area contributed by atoms with Gasteiger partial charge in [-0.15, -0.1) is 21.8 Å². The van der Waals surface area contributed by atoms with Gasteiger partial charge < -0.3 is 0 Å². The van der Waals surface area contributed by atoms with Crippen LogP contribution in [0.25, 0.3) is 5.69 Å². The molecule has 0 radical (unpaired) electrons. The lowest BCUT2D eigenvalue weighted by molar-refractivity contribution is 0.597. The van der Waals surface area contributed by atoms with Crippen LogP contribution in [-0.4, -0.2) is 23.2 Å². The van der Waals surface area contributed by atoms with Crippen LogP contribution in [0.2, 0.25) is 0 Å². The second kappa shape index (κ2) is 4.44. The van der Waals surface area contributed by atoms with Gasteiger partial charge in [-0.1, -0.05) is 6.07 Å². The van der Waals surface area contributed by atoms with E-state index in [2.05, 4.69) is 10.2 Å². The molecular formula is C9H9ClN4O2S. The molecule has 2 aromatic rings. The lowest BCUT2D eigenvalue weighted by Gasteiger charge is -2.06. The van der Waals surface area contributed by atoms with Crippen molar-refractivity contribution in [3.63, 3.8) is 0 Å². The predicted octanol–water partition coefficient (Wildman–Crippen LogP) is 0.654. The molecule has 0 aliphatic heterocycles. The van der Waals surface area contributed by atoms with Gasteiger partial charge in [-0.25, -0.2) is 13.6 Å². The number of nitrogens with zero attached hydrogens (tertiary/aromatic N) is 3. The summed E-state index contributed by atoms with van der Waals surface area (Å²) in [6.07, 6.45) is 1.46. The van der Waals surface area contributed by atoms with Crippen molar-refractivity contribution in [1.82, 2.24) is 14.8 Å². The Bertz CT molecular complexity index is 638. The lowest BCUT2D eigenvalue weighted by Crippen LogP contribution is -2.12. The van der Waals surface area contributed by atoms with Crippen molar-refractivity contribution in [2.24, 2.45) is 5.14 Å². The molecule has 6 nitrogen and oxygen atoms in total. The van der Waals surface area contributed by atoms with E-state index in [0.717, 1.165) is 0 Å². The fraction of sp³-hybridized carbons (Fsp3) is 0.111. The molecule has 1 heterocycles. The summed E-state index contributed by atoms with van der Waals surface area (Å²) in [6, 6.07) is 6.17. The van der Waals surface area contributed by atoms with Crippen molar-refractivity contribution in [2.45, 2.75) is 10.8 Å². The molecule has 8 heteroatoms. The highest BCUT2D eigenvalue weighted by Crippen LogP contribution is 2.15. The van der Waals surface area contributed by atoms with Gasteiger partial charge in [0.2, 0.25) is 10.0 Å². The maximum atomic E-state index is 11.2. The molecule has 2 N–H and O–H groups in total. The summed E-state index contributed by atoms with van der Waals surface area (Å²) in [5.74, 6) is 0.706. The fourth-order valence-electron chi connectivity index (χ4n) is 1.38. The van der Waals surface area contributed by atoms with Gasteiger partial charge in [-0.2, -0.15) is 0 Å². The highest BCUT2D eigenvalue weighted by molar-refractivity contribution is 7.89. The van der Waals surface area contributed by atoms with E-state index in [-0.39, 0.29) is 10.8 Å². The summed E-state index contributed by atoms with van der Waals surface area (Å²) >= 11 is 5.69. The smallest absolute Gasteiger partial charge is 0.238 e. The van der Waals surface area contributed by atoms with Crippen molar-refractivity contribution in [3.8, 4) is 5.69 Å². The van der Waals surface area contributed by atoms with Gasteiger partial charge in [-0.3, -0.25) is 4.57 Å². The monoisotopic (exact) mass is 272 g/mol. The Labute approximate surface area is 103 Å². The molecule has 1 aromatic carbocycles. The molecule has 0 aliphatic rings. The van der Waals surface area contributed by atoms with Gasteiger partial charge in [0.05, 0.1) is 10.8 Å². The van der Waals surface area contributed by atoms with Gasteiger partial charge in [0.15, 0.2) is 5.82 Å². The zero-order chi connectivity index (χ0) is 12.5. The fourth-order valence-corrected chi connectivity index (χ4v) is 2.11. The molecule has 0 saturated carbocycles. The first-order chi connectivity index (χ1) is 8.02. The van der Waals surface area contributed by atoms with Crippen LogP contribution in [0.15, 0.2) is 35.5 Å². The molecule has 0 spiro atoms. The summed E-state index contributed by atoms with van der Waals surface area (Å²) in [7, 11) is -3.72. The standard InChI is InChI=1S/C9H9ClN4O2S/c10-5-9-13-12-6-14(9)7-2-1-3-8(4-7)17(11,15)16/h1-4,6H,5H2,(H2,11,15,16). The average Bonchev–Trinajstić information content (AvgIpc) is 2.76. The molecule has 90 valence electrons. The minimum Gasteiger partial charge on any atom is -0.285 e. The van der Waals surface area contributed by atoms with Crippen molar-refractivity contribution >= 4 is 21.6 Å².